The second-order valence-corrected chi connectivity index (χ2v) is 2.72. The van der Waals surface area contributed by atoms with Gasteiger partial charge in [0, 0.05) is 20.2 Å². The summed E-state index contributed by atoms with van der Waals surface area (Å²) in [5, 5.41) is 0. The van der Waals surface area contributed by atoms with Crippen molar-refractivity contribution in [1.29, 1.82) is 0 Å². The van der Waals surface area contributed by atoms with Crippen LogP contribution in [0.3, 0.4) is 0 Å². The summed E-state index contributed by atoms with van der Waals surface area (Å²) in [4.78, 5) is 12.2. The minimum Gasteiger partial charge on any atom is -0.323 e. The molecule has 0 heterocycles. The molecule has 0 aliphatic rings. The molecule has 2 heteroatoms. The van der Waals surface area contributed by atoms with Crippen molar-refractivity contribution < 1.29 is 4.79 Å². The molecule has 0 aliphatic heterocycles. The Balaban J connectivity index is 3.77. The zero-order valence-electron chi connectivity index (χ0n) is 7.09. The molecular formula is C8H15NO. The molecule has 0 aromatic rings. The average molecular weight is 141 g/mol. The molecule has 0 spiro atoms. The molecule has 0 unspecified atom stereocenters. The Morgan fingerprint density at radius 1 is 1.50 bits per heavy atom. The van der Waals surface area contributed by atoms with E-state index in [1.54, 1.807) is 25.1 Å². The van der Waals surface area contributed by atoms with Crippen LogP contribution < -0.4 is 0 Å². The SMILES string of the molecule is CC(=O)N(C)/C=C\C(C)C. The van der Waals surface area contributed by atoms with Gasteiger partial charge in [-0.3, -0.25) is 4.79 Å². The second-order valence-electron chi connectivity index (χ2n) is 2.72. The van der Waals surface area contributed by atoms with Crippen LogP contribution in [0, 0.1) is 5.92 Å². The van der Waals surface area contributed by atoms with Crippen molar-refractivity contribution in [3.8, 4) is 0 Å². The fraction of sp³-hybridized carbons (Fsp3) is 0.625. The van der Waals surface area contributed by atoms with Gasteiger partial charge in [0.2, 0.25) is 5.91 Å². The number of carbonyl (C=O) groups excluding carboxylic acids is 1. The third kappa shape index (κ3) is 4.13. The number of hydrogen-bond donors (Lipinski definition) is 0. The zero-order chi connectivity index (χ0) is 8.15. The molecule has 0 aromatic heterocycles. The Bertz CT molecular complexity index is 138. The van der Waals surface area contributed by atoms with Crippen LogP contribution in [0.15, 0.2) is 12.3 Å². The second kappa shape index (κ2) is 4.09. The Hall–Kier alpha value is -0.790. The third-order valence-electron chi connectivity index (χ3n) is 1.19. The van der Waals surface area contributed by atoms with E-state index >= 15 is 0 Å². The maximum absolute atomic E-state index is 10.6. The van der Waals surface area contributed by atoms with E-state index in [1.165, 1.54) is 0 Å². The van der Waals surface area contributed by atoms with Gasteiger partial charge < -0.3 is 4.90 Å². The van der Waals surface area contributed by atoms with E-state index in [-0.39, 0.29) is 5.91 Å². The lowest BCUT2D eigenvalue weighted by Crippen LogP contribution is -2.16. The van der Waals surface area contributed by atoms with Gasteiger partial charge in [-0.25, -0.2) is 0 Å². The maximum atomic E-state index is 10.6. The fourth-order valence-electron chi connectivity index (χ4n) is 0.406. The van der Waals surface area contributed by atoms with E-state index in [0.29, 0.717) is 5.92 Å². The number of allylic oxidation sites excluding steroid dienone is 1. The molecule has 0 bridgehead atoms. The molecule has 0 aromatic carbocycles. The fourth-order valence-corrected chi connectivity index (χ4v) is 0.406. The van der Waals surface area contributed by atoms with Gasteiger partial charge in [0.1, 0.15) is 0 Å². The molecule has 0 saturated heterocycles. The highest BCUT2D eigenvalue weighted by atomic mass is 16.2. The molecule has 0 rings (SSSR count). The summed E-state index contributed by atoms with van der Waals surface area (Å²) >= 11 is 0. The monoisotopic (exact) mass is 141 g/mol. The normalized spacial score (nSPS) is 10.9. The summed E-state index contributed by atoms with van der Waals surface area (Å²) in [5.41, 5.74) is 0. The van der Waals surface area contributed by atoms with Gasteiger partial charge in [0.05, 0.1) is 0 Å². The first-order valence-corrected chi connectivity index (χ1v) is 3.45. The molecule has 0 atom stereocenters. The summed E-state index contributed by atoms with van der Waals surface area (Å²) < 4.78 is 0. The van der Waals surface area contributed by atoms with Crippen LogP contribution >= 0.6 is 0 Å². The van der Waals surface area contributed by atoms with Crippen LogP contribution in [-0.2, 0) is 4.79 Å². The van der Waals surface area contributed by atoms with Crippen molar-refractivity contribution in [2.45, 2.75) is 20.8 Å². The van der Waals surface area contributed by atoms with Gasteiger partial charge >= 0.3 is 0 Å². The minimum atomic E-state index is 0.0666. The summed E-state index contributed by atoms with van der Waals surface area (Å²) in [6.07, 6.45) is 3.79. The van der Waals surface area contributed by atoms with E-state index in [2.05, 4.69) is 13.8 Å². The maximum Gasteiger partial charge on any atom is 0.223 e. The van der Waals surface area contributed by atoms with E-state index in [4.69, 9.17) is 0 Å². The predicted octanol–water partition coefficient (Wildman–Crippen LogP) is 1.63. The summed E-state index contributed by atoms with van der Waals surface area (Å²) in [5.74, 6) is 0.568. The Labute approximate surface area is 62.5 Å². The number of carbonyl (C=O) groups is 1. The lowest BCUT2D eigenvalue weighted by atomic mass is 10.2. The smallest absolute Gasteiger partial charge is 0.223 e. The average Bonchev–Trinajstić information content (AvgIpc) is 1.82. The number of rotatable bonds is 2. The van der Waals surface area contributed by atoms with Gasteiger partial charge in [-0.1, -0.05) is 19.9 Å². The first-order chi connectivity index (χ1) is 4.54. The molecule has 0 N–H and O–H groups in total. The third-order valence-corrected chi connectivity index (χ3v) is 1.19. The summed E-state index contributed by atoms with van der Waals surface area (Å²) in [7, 11) is 1.75. The Morgan fingerprint density at radius 2 is 2.00 bits per heavy atom. The topological polar surface area (TPSA) is 20.3 Å². The molecule has 0 saturated carbocycles. The largest absolute Gasteiger partial charge is 0.323 e. The summed E-state index contributed by atoms with van der Waals surface area (Å²) in [6, 6.07) is 0. The molecule has 0 fully saturated rings. The van der Waals surface area contributed by atoms with Gasteiger partial charge in [0.25, 0.3) is 0 Å². The van der Waals surface area contributed by atoms with Gasteiger partial charge in [0.15, 0.2) is 0 Å². The highest BCUT2D eigenvalue weighted by Gasteiger charge is 1.94. The first-order valence-electron chi connectivity index (χ1n) is 3.45. The van der Waals surface area contributed by atoms with Gasteiger partial charge in [-0.05, 0) is 5.92 Å². The molecule has 0 aliphatic carbocycles. The molecule has 10 heavy (non-hydrogen) atoms. The van der Waals surface area contributed by atoms with E-state index in [9.17, 15) is 4.79 Å². The van der Waals surface area contributed by atoms with Gasteiger partial charge in [-0.2, -0.15) is 0 Å². The molecule has 0 radical (unpaired) electrons. The molecule has 1 amide bonds. The Morgan fingerprint density at radius 3 is 2.30 bits per heavy atom. The van der Waals surface area contributed by atoms with Crippen molar-refractivity contribution in [3.05, 3.63) is 12.3 Å². The van der Waals surface area contributed by atoms with Crippen LogP contribution in [-0.4, -0.2) is 17.9 Å². The first kappa shape index (κ1) is 9.21. The van der Waals surface area contributed by atoms with E-state index in [0.717, 1.165) is 0 Å². The van der Waals surface area contributed by atoms with Crippen LogP contribution in [0.5, 0.6) is 0 Å². The lowest BCUT2D eigenvalue weighted by molar-refractivity contribution is -0.125. The molecular weight excluding hydrogens is 126 g/mol. The van der Waals surface area contributed by atoms with Crippen LogP contribution in [0.1, 0.15) is 20.8 Å². The lowest BCUT2D eigenvalue weighted by Gasteiger charge is -2.07. The van der Waals surface area contributed by atoms with Crippen molar-refractivity contribution in [1.82, 2.24) is 4.90 Å². The summed E-state index contributed by atoms with van der Waals surface area (Å²) in [6.45, 7) is 5.69. The van der Waals surface area contributed by atoms with Crippen molar-refractivity contribution in [2.24, 2.45) is 5.92 Å². The van der Waals surface area contributed by atoms with Gasteiger partial charge in [-0.15, -0.1) is 0 Å². The zero-order valence-corrected chi connectivity index (χ0v) is 7.09. The number of hydrogen-bond acceptors (Lipinski definition) is 1. The van der Waals surface area contributed by atoms with E-state index < -0.39 is 0 Å². The minimum absolute atomic E-state index is 0.0666. The van der Waals surface area contributed by atoms with Crippen molar-refractivity contribution >= 4 is 5.91 Å². The van der Waals surface area contributed by atoms with Crippen molar-refractivity contribution in [2.75, 3.05) is 7.05 Å². The quantitative estimate of drug-likeness (QED) is 0.572. The number of nitrogens with zero attached hydrogens (tertiary/aromatic N) is 1. The Kier molecular flexibility index (Phi) is 3.77. The van der Waals surface area contributed by atoms with E-state index in [1.807, 2.05) is 6.08 Å². The number of amides is 1. The highest BCUT2D eigenvalue weighted by Crippen LogP contribution is 1.95. The molecule has 2 nitrogen and oxygen atoms in total. The van der Waals surface area contributed by atoms with Crippen LogP contribution in [0.25, 0.3) is 0 Å². The van der Waals surface area contributed by atoms with Crippen molar-refractivity contribution in [3.63, 3.8) is 0 Å². The van der Waals surface area contributed by atoms with Crippen LogP contribution in [0.4, 0.5) is 0 Å². The molecule has 58 valence electrons. The van der Waals surface area contributed by atoms with Crippen LogP contribution in [0.2, 0.25) is 0 Å². The predicted molar refractivity (Wildman–Crippen MR) is 42.4 cm³/mol. The standard InChI is InChI=1S/C8H15NO/c1-7(2)5-6-9(4)8(3)10/h5-7H,1-4H3/b6-5-. The highest BCUT2D eigenvalue weighted by molar-refractivity contribution is 5.73.